The predicted molar refractivity (Wildman–Crippen MR) is 60.3 cm³/mol. The molecule has 0 saturated carbocycles. The molecule has 0 radical (unpaired) electrons. The lowest BCUT2D eigenvalue weighted by molar-refractivity contribution is -0.135. The molecule has 0 fully saturated rings. The summed E-state index contributed by atoms with van der Waals surface area (Å²) in [7, 11) is 1.41. The van der Waals surface area contributed by atoms with Crippen molar-refractivity contribution in [3.63, 3.8) is 0 Å². The van der Waals surface area contributed by atoms with Gasteiger partial charge in [-0.05, 0) is 19.8 Å². The van der Waals surface area contributed by atoms with Crippen LogP contribution in [0.4, 0.5) is 8.78 Å². The summed E-state index contributed by atoms with van der Waals surface area (Å²) in [4.78, 5) is 12.7. The number of carbonyl (C=O) groups is 1. The summed E-state index contributed by atoms with van der Waals surface area (Å²) in [5.74, 6) is -0.424. The lowest BCUT2D eigenvalue weighted by Gasteiger charge is -2.21. The van der Waals surface area contributed by atoms with Gasteiger partial charge in [-0.3, -0.25) is 4.79 Å². The molecule has 96 valence electrons. The monoisotopic (exact) mass is 236 g/mol. The summed E-state index contributed by atoms with van der Waals surface area (Å²) in [6, 6.07) is 0.126. The van der Waals surface area contributed by atoms with Crippen molar-refractivity contribution in [3.8, 4) is 0 Å². The van der Waals surface area contributed by atoms with Crippen LogP contribution in [0, 0.1) is 5.92 Å². The van der Waals surface area contributed by atoms with Gasteiger partial charge in [0.05, 0.1) is 6.54 Å². The molecule has 1 amide bonds. The Bertz CT molecular complexity index is 210. The quantitative estimate of drug-likeness (QED) is 0.733. The van der Waals surface area contributed by atoms with E-state index in [1.807, 2.05) is 6.92 Å². The van der Waals surface area contributed by atoms with Gasteiger partial charge in [0, 0.05) is 19.0 Å². The summed E-state index contributed by atoms with van der Waals surface area (Å²) in [5, 5.41) is 0. The molecule has 2 atom stereocenters. The van der Waals surface area contributed by atoms with Gasteiger partial charge in [-0.1, -0.05) is 13.3 Å². The Kier molecular flexibility index (Phi) is 7.21. The van der Waals surface area contributed by atoms with E-state index in [9.17, 15) is 13.6 Å². The minimum Gasteiger partial charge on any atom is -0.340 e. The first kappa shape index (κ1) is 15.3. The molecule has 0 aliphatic heterocycles. The van der Waals surface area contributed by atoms with E-state index in [2.05, 4.69) is 0 Å². The molecule has 0 rings (SSSR count). The van der Waals surface area contributed by atoms with Crippen LogP contribution in [0.3, 0.4) is 0 Å². The minimum atomic E-state index is -2.47. The fourth-order valence-electron chi connectivity index (χ4n) is 1.54. The number of carbonyl (C=O) groups excluding carboxylic acids is 1. The highest BCUT2D eigenvalue weighted by molar-refractivity contribution is 5.78. The number of rotatable bonds is 7. The standard InChI is InChI=1S/C11H22F2N2O/c1-8(5-4-6-9(2)14)11(16)15(3)7-10(12)13/h8-10H,4-7,14H2,1-3H3. The number of alkyl halides is 2. The van der Waals surface area contributed by atoms with Crippen molar-refractivity contribution >= 4 is 5.91 Å². The third-order valence-corrected chi connectivity index (χ3v) is 2.51. The Labute approximate surface area is 96.0 Å². The molecular weight excluding hydrogens is 214 g/mol. The molecule has 2 N–H and O–H groups in total. The van der Waals surface area contributed by atoms with E-state index in [1.54, 1.807) is 6.92 Å². The number of hydrogen-bond donors (Lipinski definition) is 1. The van der Waals surface area contributed by atoms with Gasteiger partial charge in [0.1, 0.15) is 0 Å². The zero-order chi connectivity index (χ0) is 12.7. The van der Waals surface area contributed by atoms with E-state index in [0.717, 1.165) is 17.7 Å². The third kappa shape index (κ3) is 6.71. The lowest BCUT2D eigenvalue weighted by Crippen LogP contribution is -2.35. The molecule has 2 unspecified atom stereocenters. The summed E-state index contributed by atoms with van der Waals surface area (Å²) in [5.41, 5.74) is 5.59. The summed E-state index contributed by atoms with van der Waals surface area (Å²) in [6.45, 7) is 3.19. The molecule has 0 spiro atoms. The van der Waals surface area contributed by atoms with Crippen molar-refractivity contribution in [1.82, 2.24) is 4.90 Å². The van der Waals surface area contributed by atoms with Crippen LogP contribution in [0.1, 0.15) is 33.1 Å². The maximum atomic E-state index is 12.1. The molecule has 5 heteroatoms. The van der Waals surface area contributed by atoms with Crippen molar-refractivity contribution in [1.29, 1.82) is 0 Å². The van der Waals surface area contributed by atoms with Crippen molar-refractivity contribution < 1.29 is 13.6 Å². The van der Waals surface area contributed by atoms with Gasteiger partial charge in [-0.15, -0.1) is 0 Å². The largest absolute Gasteiger partial charge is 0.340 e. The topological polar surface area (TPSA) is 46.3 Å². The van der Waals surface area contributed by atoms with Crippen molar-refractivity contribution in [2.45, 2.75) is 45.6 Å². The van der Waals surface area contributed by atoms with Gasteiger partial charge in [0.25, 0.3) is 6.43 Å². The number of nitrogens with two attached hydrogens (primary N) is 1. The molecule has 0 aromatic rings. The van der Waals surface area contributed by atoms with Gasteiger partial charge in [-0.25, -0.2) is 8.78 Å². The maximum absolute atomic E-state index is 12.1. The highest BCUT2D eigenvalue weighted by atomic mass is 19.3. The van der Waals surface area contributed by atoms with Gasteiger partial charge >= 0.3 is 0 Å². The van der Waals surface area contributed by atoms with Gasteiger partial charge < -0.3 is 10.6 Å². The third-order valence-electron chi connectivity index (χ3n) is 2.51. The summed E-state index contributed by atoms with van der Waals surface area (Å²) >= 11 is 0. The molecule has 0 saturated heterocycles. The van der Waals surface area contributed by atoms with E-state index < -0.39 is 13.0 Å². The van der Waals surface area contributed by atoms with Crippen molar-refractivity contribution in [2.24, 2.45) is 11.7 Å². The second-order valence-electron chi connectivity index (χ2n) is 4.42. The number of amides is 1. The molecule has 3 nitrogen and oxygen atoms in total. The fourth-order valence-corrected chi connectivity index (χ4v) is 1.54. The van der Waals surface area contributed by atoms with E-state index in [-0.39, 0.29) is 17.9 Å². The van der Waals surface area contributed by atoms with E-state index in [4.69, 9.17) is 5.73 Å². The van der Waals surface area contributed by atoms with E-state index in [0.29, 0.717) is 6.42 Å². The highest BCUT2D eigenvalue weighted by Crippen LogP contribution is 2.12. The van der Waals surface area contributed by atoms with Crippen LogP contribution in [-0.2, 0) is 4.79 Å². The van der Waals surface area contributed by atoms with Gasteiger partial charge in [-0.2, -0.15) is 0 Å². The fraction of sp³-hybridized carbons (Fsp3) is 0.909. The van der Waals surface area contributed by atoms with Crippen LogP contribution in [0.25, 0.3) is 0 Å². The summed E-state index contributed by atoms with van der Waals surface area (Å²) < 4.78 is 24.1. The van der Waals surface area contributed by atoms with E-state index in [1.165, 1.54) is 7.05 Å². The molecule has 0 bridgehead atoms. The van der Waals surface area contributed by atoms with Crippen LogP contribution < -0.4 is 5.73 Å². The van der Waals surface area contributed by atoms with Crippen LogP contribution in [0.5, 0.6) is 0 Å². The average Bonchev–Trinajstić information content (AvgIpc) is 2.14. The van der Waals surface area contributed by atoms with Crippen LogP contribution in [0.2, 0.25) is 0 Å². The number of halogens is 2. The zero-order valence-corrected chi connectivity index (χ0v) is 10.2. The molecule has 0 aliphatic rings. The average molecular weight is 236 g/mol. The Balaban J connectivity index is 3.88. The van der Waals surface area contributed by atoms with Gasteiger partial charge in [0.2, 0.25) is 5.91 Å². The molecule has 0 aliphatic carbocycles. The predicted octanol–water partition coefficient (Wildman–Crippen LogP) is 1.86. The zero-order valence-electron chi connectivity index (χ0n) is 10.2. The Hall–Kier alpha value is -0.710. The maximum Gasteiger partial charge on any atom is 0.255 e. The first-order valence-corrected chi connectivity index (χ1v) is 5.63. The molecule has 0 aromatic heterocycles. The first-order valence-electron chi connectivity index (χ1n) is 5.63. The van der Waals surface area contributed by atoms with Crippen LogP contribution in [0.15, 0.2) is 0 Å². The number of hydrogen-bond acceptors (Lipinski definition) is 2. The van der Waals surface area contributed by atoms with Crippen molar-refractivity contribution in [2.75, 3.05) is 13.6 Å². The SMILES string of the molecule is CC(N)CCCC(C)C(=O)N(C)CC(F)F. The Morgan fingerprint density at radius 1 is 1.31 bits per heavy atom. The second-order valence-corrected chi connectivity index (χ2v) is 4.42. The number of nitrogens with zero attached hydrogens (tertiary/aromatic N) is 1. The van der Waals surface area contributed by atoms with Crippen LogP contribution in [-0.4, -0.2) is 36.9 Å². The van der Waals surface area contributed by atoms with Crippen molar-refractivity contribution in [3.05, 3.63) is 0 Å². The Morgan fingerprint density at radius 3 is 2.31 bits per heavy atom. The Morgan fingerprint density at radius 2 is 1.88 bits per heavy atom. The molecule has 0 heterocycles. The highest BCUT2D eigenvalue weighted by Gasteiger charge is 2.19. The first-order chi connectivity index (χ1) is 7.34. The van der Waals surface area contributed by atoms with Gasteiger partial charge in [0.15, 0.2) is 0 Å². The lowest BCUT2D eigenvalue weighted by atomic mass is 10.0. The minimum absolute atomic E-state index is 0.126. The molecule has 0 aromatic carbocycles. The second kappa shape index (κ2) is 7.54. The molecular formula is C11H22F2N2O. The normalized spacial score (nSPS) is 14.9. The van der Waals surface area contributed by atoms with Crippen LogP contribution >= 0.6 is 0 Å². The smallest absolute Gasteiger partial charge is 0.255 e. The van der Waals surface area contributed by atoms with E-state index >= 15 is 0 Å². The summed E-state index contributed by atoms with van der Waals surface area (Å²) in [6.07, 6.45) is -0.0535. The molecule has 16 heavy (non-hydrogen) atoms.